The summed E-state index contributed by atoms with van der Waals surface area (Å²) in [6.07, 6.45) is 3.01. The third-order valence-electron chi connectivity index (χ3n) is 2.66. The van der Waals surface area contributed by atoms with E-state index in [1.54, 1.807) is 30.3 Å². The largest absolute Gasteiger partial charge is 0.496 e. The van der Waals surface area contributed by atoms with E-state index in [9.17, 15) is 4.79 Å². The average Bonchev–Trinajstić information content (AvgIpc) is 2.92. The molecule has 0 aliphatic rings. The standard InChI is InChI=1S/C13H15N3O3/c1-10-3-4-11(7-12(10)18-2)13(17)19-6-5-16-9-14-8-15-16/h3-4,7-9H,5-6H2,1-2H3. The van der Waals surface area contributed by atoms with Crippen molar-refractivity contribution in [2.45, 2.75) is 13.5 Å². The van der Waals surface area contributed by atoms with E-state index in [0.29, 0.717) is 17.9 Å². The third-order valence-corrected chi connectivity index (χ3v) is 2.66. The molecule has 6 heteroatoms. The van der Waals surface area contributed by atoms with Crippen LogP contribution in [0.15, 0.2) is 30.9 Å². The van der Waals surface area contributed by atoms with Crippen LogP contribution in [0.5, 0.6) is 5.75 Å². The van der Waals surface area contributed by atoms with Crippen LogP contribution in [0.25, 0.3) is 0 Å². The molecule has 19 heavy (non-hydrogen) atoms. The number of ether oxygens (including phenoxy) is 2. The molecule has 0 saturated carbocycles. The van der Waals surface area contributed by atoms with Gasteiger partial charge >= 0.3 is 5.97 Å². The van der Waals surface area contributed by atoms with Crippen molar-refractivity contribution in [3.05, 3.63) is 42.0 Å². The Hall–Kier alpha value is -2.37. The van der Waals surface area contributed by atoms with E-state index in [2.05, 4.69) is 10.1 Å². The van der Waals surface area contributed by atoms with E-state index >= 15 is 0 Å². The molecular formula is C13H15N3O3. The fraction of sp³-hybridized carbons (Fsp3) is 0.308. The monoisotopic (exact) mass is 261 g/mol. The lowest BCUT2D eigenvalue weighted by atomic mass is 10.1. The molecule has 0 bridgehead atoms. The molecular weight excluding hydrogens is 246 g/mol. The second-order valence-electron chi connectivity index (χ2n) is 3.98. The predicted molar refractivity (Wildman–Crippen MR) is 68.0 cm³/mol. The van der Waals surface area contributed by atoms with Crippen molar-refractivity contribution < 1.29 is 14.3 Å². The molecule has 6 nitrogen and oxygen atoms in total. The quantitative estimate of drug-likeness (QED) is 0.762. The number of methoxy groups -OCH3 is 1. The van der Waals surface area contributed by atoms with Gasteiger partial charge in [0, 0.05) is 0 Å². The molecule has 0 N–H and O–H groups in total. The Bertz CT molecular complexity index is 552. The van der Waals surface area contributed by atoms with Gasteiger partial charge in [0.1, 0.15) is 25.0 Å². The maximum atomic E-state index is 11.8. The summed E-state index contributed by atoms with van der Waals surface area (Å²) in [6.45, 7) is 2.64. The number of aryl methyl sites for hydroxylation is 1. The van der Waals surface area contributed by atoms with E-state index in [0.717, 1.165) is 5.56 Å². The van der Waals surface area contributed by atoms with Gasteiger partial charge in [0.2, 0.25) is 0 Å². The zero-order chi connectivity index (χ0) is 13.7. The van der Waals surface area contributed by atoms with Crippen LogP contribution in [0.1, 0.15) is 15.9 Å². The summed E-state index contributed by atoms with van der Waals surface area (Å²) >= 11 is 0. The molecule has 0 unspecified atom stereocenters. The lowest BCUT2D eigenvalue weighted by molar-refractivity contribution is 0.0487. The Morgan fingerprint density at radius 1 is 1.42 bits per heavy atom. The number of carbonyl (C=O) groups excluding carboxylic acids is 1. The van der Waals surface area contributed by atoms with E-state index in [1.807, 2.05) is 13.0 Å². The maximum absolute atomic E-state index is 11.8. The molecule has 0 atom stereocenters. The summed E-state index contributed by atoms with van der Waals surface area (Å²) in [7, 11) is 1.57. The Kier molecular flexibility index (Phi) is 4.12. The smallest absolute Gasteiger partial charge is 0.338 e. The van der Waals surface area contributed by atoms with Crippen molar-refractivity contribution in [3.8, 4) is 5.75 Å². The first kappa shape index (κ1) is 13.1. The van der Waals surface area contributed by atoms with E-state index < -0.39 is 0 Å². The van der Waals surface area contributed by atoms with Crippen molar-refractivity contribution in [3.63, 3.8) is 0 Å². The Balaban J connectivity index is 1.92. The second-order valence-corrected chi connectivity index (χ2v) is 3.98. The van der Waals surface area contributed by atoms with Crippen LogP contribution in [0.2, 0.25) is 0 Å². The van der Waals surface area contributed by atoms with Gasteiger partial charge < -0.3 is 9.47 Å². The molecule has 0 amide bonds. The van der Waals surface area contributed by atoms with Crippen LogP contribution in [0.4, 0.5) is 0 Å². The summed E-state index contributed by atoms with van der Waals surface area (Å²) < 4.78 is 11.9. The lowest BCUT2D eigenvalue weighted by Crippen LogP contribution is -2.12. The minimum Gasteiger partial charge on any atom is -0.496 e. The van der Waals surface area contributed by atoms with Crippen molar-refractivity contribution >= 4 is 5.97 Å². The first-order chi connectivity index (χ1) is 9.20. The first-order valence-corrected chi connectivity index (χ1v) is 5.85. The Morgan fingerprint density at radius 2 is 2.26 bits per heavy atom. The van der Waals surface area contributed by atoms with E-state index in [-0.39, 0.29) is 12.6 Å². The van der Waals surface area contributed by atoms with Crippen molar-refractivity contribution in [2.75, 3.05) is 13.7 Å². The molecule has 0 fully saturated rings. The number of hydrogen-bond acceptors (Lipinski definition) is 5. The number of hydrogen-bond donors (Lipinski definition) is 0. The summed E-state index contributed by atoms with van der Waals surface area (Å²) in [5.41, 5.74) is 1.45. The molecule has 2 rings (SSSR count). The first-order valence-electron chi connectivity index (χ1n) is 5.85. The minimum atomic E-state index is -0.376. The molecule has 0 aliphatic carbocycles. The van der Waals surface area contributed by atoms with Gasteiger partial charge in [0.15, 0.2) is 0 Å². The van der Waals surface area contributed by atoms with Gasteiger partial charge in [-0.1, -0.05) is 6.07 Å². The van der Waals surface area contributed by atoms with Gasteiger partial charge in [0.25, 0.3) is 0 Å². The highest BCUT2D eigenvalue weighted by molar-refractivity contribution is 5.90. The molecule has 0 saturated heterocycles. The Morgan fingerprint density at radius 3 is 2.95 bits per heavy atom. The Labute approximate surface area is 111 Å². The summed E-state index contributed by atoms with van der Waals surface area (Å²) in [4.78, 5) is 15.6. The SMILES string of the molecule is COc1cc(C(=O)OCCn2cncn2)ccc1C. The summed E-state index contributed by atoms with van der Waals surface area (Å²) in [5.74, 6) is 0.296. The lowest BCUT2D eigenvalue weighted by Gasteiger charge is -2.08. The van der Waals surface area contributed by atoms with Crippen molar-refractivity contribution in [2.24, 2.45) is 0 Å². The number of benzene rings is 1. The minimum absolute atomic E-state index is 0.248. The van der Waals surface area contributed by atoms with Crippen molar-refractivity contribution in [1.82, 2.24) is 14.8 Å². The van der Waals surface area contributed by atoms with Gasteiger partial charge in [-0.3, -0.25) is 0 Å². The average molecular weight is 261 g/mol. The molecule has 0 radical (unpaired) electrons. The predicted octanol–water partition coefficient (Wildman–Crippen LogP) is 1.45. The van der Waals surface area contributed by atoms with Crippen molar-refractivity contribution in [1.29, 1.82) is 0 Å². The molecule has 1 heterocycles. The van der Waals surface area contributed by atoms with Gasteiger partial charge in [-0.2, -0.15) is 5.10 Å². The fourth-order valence-corrected chi connectivity index (χ4v) is 1.61. The number of esters is 1. The van der Waals surface area contributed by atoms with E-state index in [1.165, 1.54) is 6.33 Å². The number of aromatic nitrogens is 3. The number of rotatable bonds is 5. The fourth-order valence-electron chi connectivity index (χ4n) is 1.61. The highest BCUT2D eigenvalue weighted by atomic mass is 16.5. The highest BCUT2D eigenvalue weighted by Gasteiger charge is 2.09. The normalized spacial score (nSPS) is 10.2. The zero-order valence-corrected chi connectivity index (χ0v) is 10.9. The van der Waals surface area contributed by atoms with Gasteiger partial charge in [-0.05, 0) is 24.6 Å². The molecule has 1 aromatic heterocycles. The summed E-state index contributed by atoms with van der Waals surface area (Å²) in [5, 5.41) is 3.92. The topological polar surface area (TPSA) is 66.2 Å². The molecule has 0 aliphatic heterocycles. The number of carbonyl (C=O) groups is 1. The van der Waals surface area contributed by atoms with Gasteiger partial charge in [-0.15, -0.1) is 0 Å². The maximum Gasteiger partial charge on any atom is 0.338 e. The summed E-state index contributed by atoms with van der Waals surface area (Å²) in [6, 6.07) is 5.22. The molecule has 100 valence electrons. The highest BCUT2D eigenvalue weighted by Crippen LogP contribution is 2.19. The van der Waals surface area contributed by atoms with E-state index in [4.69, 9.17) is 9.47 Å². The molecule has 1 aromatic carbocycles. The van der Waals surface area contributed by atoms with Crippen LogP contribution >= 0.6 is 0 Å². The molecule has 2 aromatic rings. The van der Waals surface area contributed by atoms with Gasteiger partial charge in [-0.25, -0.2) is 14.5 Å². The second kappa shape index (κ2) is 5.99. The number of nitrogens with zero attached hydrogens (tertiary/aromatic N) is 3. The van der Waals surface area contributed by atoms with Crippen LogP contribution in [-0.2, 0) is 11.3 Å². The van der Waals surface area contributed by atoms with Crippen LogP contribution < -0.4 is 4.74 Å². The zero-order valence-electron chi connectivity index (χ0n) is 10.9. The van der Waals surface area contributed by atoms with Gasteiger partial charge in [0.05, 0.1) is 19.2 Å². The molecule has 0 spiro atoms. The van der Waals surface area contributed by atoms with Crippen LogP contribution in [0.3, 0.4) is 0 Å². The van der Waals surface area contributed by atoms with Crippen LogP contribution in [0, 0.1) is 6.92 Å². The third kappa shape index (κ3) is 3.31. The van der Waals surface area contributed by atoms with Crippen LogP contribution in [-0.4, -0.2) is 34.5 Å².